The van der Waals surface area contributed by atoms with Gasteiger partial charge in [-0.25, -0.2) is 18.1 Å². The predicted octanol–water partition coefficient (Wildman–Crippen LogP) is 1.05. The van der Waals surface area contributed by atoms with Gasteiger partial charge in [-0.1, -0.05) is 0 Å². The number of hydrogen-bond acceptors (Lipinski definition) is 5. The SMILES string of the molecule is Cc1csc(CCNC(C)CNS(=O)(=O)C2CC2)n1. The van der Waals surface area contributed by atoms with Crippen molar-refractivity contribution in [2.24, 2.45) is 0 Å². The normalized spacial score (nSPS) is 17.6. The number of thiazole rings is 1. The first-order valence-corrected chi connectivity index (χ1v) is 9.03. The van der Waals surface area contributed by atoms with Crippen LogP contribution in [0, 0.1) is 6.92 Å². The zero-order valence-electron chi connectivity index (χ0n) is 11.3. The van der Waals surface area contributed by atoms with Gasteiger partial charge in [0.15, 0.2) is 0 Å². The highest BCUT2D eigenvalue weighted by molar-refractivity contribution is 7.90. The average molecular weight is 303 g/mol. The molecule has 0 bridgehead atoms. The second-order valence-corrected chi connectivity index (χ2v) is 8.07. The second kappa shape index (κ2) is 6.30. The van der Waals surface area contributed by atoms with Crippen molar-refractivity contribution in [1.82, 2.24) is 15.0 Å². The topological polar surface area (TPSA) is 71.1 Å². The van der Waals surface area contributed by atoms with Gasteiger partial charge in [0.05, 0.1) is 10.3 Å². The van der Waals surface area contributed by atoms with Gasteiger partial charge in [-0.05, 0) is 26.7 Å². The van der Waals surface area contributed by atoms with E-state index in [1.807, 2.05) is 19.2 Å². The van der Waals surface area contributed by atoms with Crippen LogP contribution in [0.4, 0.5) is 0 Å². The van der Waals surface area contributed by atoms with Gasteiger partial charge >= 0.3 is 0 Å². The minimum Gasteiger partial charge on any atom is -0.313 e. The molecule has 1 saturated carbocycles. The highest BCUT2D eigenvalue weighted by Gasteiger charge is 2.35. The van der Waals surface area contributed by atoms with Gasteiger partial charge in [0.2, 0.25) is 10.0 Å². The maximum atomic E-state index is 11.6. The van der Waals surface area contributed by atoms with Gasteiger partial charge in [0, 0.05) is 36.6 Å². The average Bonchev–Trinajstić information content (AvgIpc) is 3.13. The third kappa shape index (κ3) is 4.83. The van der Waals surface area contributed by atoms with Gasteiger partial charge in [-0.15, -0.1) is 11.3 Å². The van der Waals surface area contributed by atoms with Gasteiger partial charge in [-0.3, -0.25) is 0 Å². The quantitative estimate of drug-likeness (QED) is 0.753. The fourth-order valence-corrected chi connectivity index (χ4v) is 4.00. The van der Waals surface area contributed by atoms with E-state index in [1.54, 1.807) is 11.3 Å². The zero-order chi connectivity index (χ0) is 13.9. The highest BCUT2D eigenvalue weighted by Crippen LogP contribution is 2.27. The third-order valence-electron chi connectivity index (χ3n) is 3.05. The lowest BCUT2D eigenvalue weighted by Gasteiger charge is -2.14. The molecule has 0 aromatic carbocycles. The molecule has 1 heterocycles. The molecule has 1 aliphatic carbocycles. The summed E-state index contributed by atoms with van der Waals surface area (Å²) < 4.78 is 26.0. The minimum absolute atomic E-state index is 0.134. The smallest absolute Gasteiger partial charge is 0.214 e. The van der Waals surface area contributed by atoms with E-state index < -0.39 is 10.0 Å². The Morgan fingerprint density at radius 3 is 2.84 bits per heavy atom. The van der Waals surface area contributed by atoms with E-state index in [-0.39, 0.29) is 11.3 Å². The first-order chi connectivity index (χ1) is 8.97. The number of aryl methyl sites for hydroxylation is 1. The van der Waals surface area contributed by atoms with E-state index in [0.29, 0.717) is 6.54 Å². The summed E-state index contributed by atoms with van der Waals surface area (Å²) >= 11 is 1.67. The molecule has 1 fully saturated rings. The van der Waals surface area contributed by atoms with Crippen LogP contribution in [0.1, 0.15) is 30.5 Å². The molecular formula is C12H21N3O2S2. The molecule has 2 rings (SSSR count). The fourth-order valence-electron chi connectivity index (χ4n) is 1.75. The van der Waals surface area contributed by atoms with Crippen molar-refractivity contribution in [1.29, 1.82) is 0 Å². The second-order valence-electron chi connectivity index (χ2n) is 5.08. The molecule has 0 spiro atoms. The molecule has 7 heteroatoms. The number of nitrogens with one attached hydrogen (secondary N) is 2. The lowest BCUT2D eigenvalue weighted by Crippen LogP contribution is -2.40. The first kappa shape index (κ1) is 14.9. The van der Waals surface area contributed by atoms with Crippen molar-refractivity contribution >= 4 is 21.4 Å². The molecule has 108 valence electrons. The van der Waals surface area contributed by atoms with Crippen LogP contribution in [0.5, 0.6) is 0 Å². The number of hydrogen-bond donors (Lipinski definition) is 2. The molecule has 0 amide bonds. The number of sulfonamides is 1. The first-order valence-electron chi connectivity index (χ1n) is 6.60. The van der Waals surface area contributed by atoms with Crippen LogP contribution >= 0.6 is 11.3 Å². The molecule has 5 nitrogen and oxygen atoms in total. The van der Waals surface area contributed by atoms with E-state index in [9.17, 15) is 8.42 Å². The molecule has 0 radical (unpaired) electrons. The Kier molecular flexibility index (Phi) is 4.94. The van der Waals surface area contributed by atoms with Crippen molar-refractivity contribution < 1.29 is 8.42 Å². The summed E-state index contributed by atoms with van der Waals surface area (Å²) in [4.78, 5) is 4.39. The summed E-state index contributed by atoms with van der Waals surface area (Å²) in [5, 5.41) is 6.34. The number of nitrogens with zero attached hydrogens (tertiary/aromatic N) is 1. The van der Waals surface area contributed by atoms with E-state index in [4.69, 9.17) is 0 Å². The van der Waals surface area contributed by atoms with Crippen molar-refractivity contribution in [2.45, 2.75) is 44.4 Å². The third-order valence-corrected chi connectivity index (χ3v) is 6.00. The monoisotopic (exact) mass is 303 g/mol. The summed E-state index contributed by atoms with van der Waals surface area (Å²) in [6.07, 6.45) is 2.50. The Bertz CT molecular complexity index is 509. The van der Waals surface area contributed by atoms with Crippen molar-refractivity contribution in [3.63, 3.8) is 0 Å². The van der Waals surface area contributed by atoms with Gasteiger partial charge in [-0.2, -0.15) is 0 Å². The van der Waals surface area contributed by atoms with Crippen LogP contribution in [0.2, 0.25) is 0 Å². The standard InChI is InChI=1S/C12H21N3O2S2/c1-9(7-14-19(16,17)11-3-4-11)13-6-5-12-15-10(2)8-18-12/h8-9,11,13-14H,3-7H2,1-2H3. The van der Waals surface area contributed by atoms with Gasteiger partial charge < -0.3 is 5.32 Å². The Morgan fingerprint density at radius 2 is 2.26 bits per heavy atom. The molecule has 0 aliphatic heterocycles. The number of rotatable bonds is 8. The zero-order valence-corrected chi connectivity index (χ0v) is 13.0. The largest absolute Gasteiger partial charge is 0.313 e. The van der Waals surface area contributed by atoms with E-state index >= 15 is 0 Å². The Morgan fingerprint density at radius 1 is 1.53 bits per heavy atom. The predicted molar refractivity (Wildman–Crippen MR) is 78.0 cm³/mol. The highest BCUT2D eigenvalue weighted by atomic mass is 32.2. The summed E-state index contributed by atoms with van der Waals surface area (Å²) in [6.45, 7) is 5.25. The molecule has 0 saturated heterocycles. The van der Waals surface area contributed by atoms with Crippen LogP contribution in [-0.2, 0) is 16.4 Å². The van der Waals surface area contributed by atoms with Gasteiger partial charge in [0.1, 0.15) is 0 Å². The lowest BCUT2D eigenvalue weighted by molar-refractivity contribution is 0.526. The van der Waals surface area contributed by atoms with E-state index in [1.165, 1.54) is 0 Å². The summed E-state index contributed by atoms with van der Waals surface area (Å²) in [7, 11) is -3.06. The molecule has 1 aromatic rings. The molecule has 1 aromatic heterocycles. The van der Waals surface area contributed by atoms with Crippen molar-refractivity contribution in [2.75, 3.05) is 13.1 Å². The Labute approximate surface area is 118 Å². The maximum absolute atomic E-state index is 11.6. The molecular weight excluding hydrogens is 282 g/mol. The van der Waals surface area contributed by atoms with Crippen LogP contribution in [0.3, 0.4) is 0 Å². The summed E-state index contributed by atoms with van der Waals surface area (Å²) in [6, 6.07) is 0.134. The van der Waals surface area contributed by atoms with E-state index in [2.05, 4.69) is 15.0 Å². The van der Waals surface area contributed by atoms with Crippen LogP contribution in [-0.4, -0.2) is 37.8 Å². The van der Waals surface area contributed by atoms with Crippen LogP contribution in [0.15, 0.2) is 5.38 Å². The molecule has 1 unspecified atom stereocenters. The number of aromatic nitrogens is 1. The molecule has 19 heavy (non-hydrogen) atoms. The molecule has 2 N–H and O–H groups in total. The summed E-state index contributed by atoms with van der Waals surface area (Å²) in [5.41, 5.74) is 1.06. The van der Waals surface area contributed by atoms with Crippen LogP contribution in [0.25, 0.3) is 0 Å². The van der Waals surface area contributed by atoms with Crippen molar-refractivity contribution in [3.8, 4) is 0 Å². The van der Waals surface area contributed by atoms with Gasteiger partial charge in [0.25, 0.3) is 0 Å². The minimum atomic E-state index is -3.06. The molecule has 1 atom stereocenters. The summed E-state index contributed by atoms with van der Waals surface area (Å²) in [5.74, 6) is 0. The molecule has 1 aliphatic rings. The maximum Gasteiger partial charge on any atom is 0.214 e. The Balaban J connectivity index is 1.63. The fraction of sp³-hybridized carbons (Fsp3) is 0.750. The van der Waals surface area contributed by atoms with Crippen molar-refractivity contribution in [3.05, 3.63) is 16.1 Å². The van der Waals surface area contributed by atoms with E-state index in [0.717, 1.165) is 36.5 Å². The Hall–Kier alpha value is -0.500. The lowest BCUT2D eigenvalue weighted by atomic mass is 10.3. The van der Waals surface area contributed by atoms with Crippen LogP contribution < -0.4 is 10.0 Å².